The molecule has 0 amide bonds. The van der Waals surface area contributed by atoms with Crippen molar-refractivity contribution in [1.29, 1.82) is 0 Å². The zero-order chi connectivity index (χ0) is 6.85. The monoisotopic (exact) mass is 144 g/mol. The van der Waals surface area contributed by atoms with Crippen LogP contribution in [0.5, 0.6) is 0 Å². The van der Waals surface area contributed by atoms with Crippen LogP contribution in [0.4, 0.5) is 4.39 Å². The number of carbonyl (C=O) groups is 1. The summed E-state index contributed by atoms with van der Waals surface area (Å²) in [6.45, 7) is 1.42. The molecule has 48 valence electrons. The fraction of sp³-hybridized carbons (Fsp3) is 0.167. The highest BCUT2D eigenvalue weighted by Gasteiger charge is 2.01. The van der Waals surface area contributed by atoms with Crippen molar-refractivity contribution in [1.82, 2.24) is 0 Å². The first-order valence-electron chi connectivity index (χ1n) is 2.45. The summed E-state index contributed by atoms with van der Waals surface area (Å²) in [6, 6.07) is 1.24. The number of rotatable bonds is 1. The van der Waals surface area contributed by atoms with Gasteiger partial charge in [0.25, 0.3) is 0 Å². The lowest BCUT2D eigenvalue weighted by Crippen LogP contribution is -1.83. The molecule has 0 bridgehead atoms. The lowest BCUT2D eigenvalue weighted by Gasteiger charge is -1.79. The van der Waals surface area contributed by atoms with Crippen molar-refractivity contribution in [2.75, 3.05) is 0 Å². The molecule has 0 saturated carbocycles. The largest absolute Gasteiger partial charge is 0.294 e. The Morgan fingerprint density at radius 2 is 2.44 bits per heavy atom. The lowest BCUT2D eigenvalue weighted by molar-refractivity contribution is 0.102. The molecule has 0 radical (unpaired) electrons. The van der Waals surface area contributed by atoms with Gasteiger partial charge in [-0.15, -0.1) is 11.3 Å². The molecule has 0 atom stereocenters. The summed E-state index contributed by atoms with van der Waals surface area (Å²) in [7, 11) is 0. The van der Waals surface area contributed by atoms with Gasteiger partial charge >= 0.3 is 0 Å². The topological polar surface area (TPSA) is 17.1 Å². The van der Waals surface area contributed by atoms with Crippen molar-refractivity contribution in [2.45, 2.75) is 6.92 Å². The third kappa shape index (κ3) is 1.36. The number of thiophene rings is 1. The highest BCUT2D eigenvalue weighted by atomic mass is 32.1. The number of halogens is 1. The quantitative estimate of drug-likeness (QED) is 0.551. The van der Waals surface area contributed by atoms with E-state index in [1.807, 2.05) is 0 Å². The van der Waals surface area contributed by atoms with Crippen LogP contribution >= 0.6 is 11.3 Å². The fourth-order valence-corrected chi connectivity index (χ4v) is 1.15. The van der Waals surface area contributed by atoms with Crippen molar-refractivity contribution >= 4 is 17.1 Å². The Bertz CT molecular complexity index is 229. The molecule has 0 saturated heterocycles. The van der Waals surface area contributed by atoms with Gasteiger partial charge < -0.3 is 0 Å². The Morgan fingerprint density at radius 3 is 2.67 bits per heavy atom. The summed E-state index contributed by atoms with van der Waals surface area (Å²) in [5.41, 5.74) is 0. The van der Waals surface area contributed by atoms with Gasteiger partial charge in [-0.05, 0) is 13.0 Å². The minimum absolute atomic E-state index is 0.0797. The van der Waals surface area contributed by atoms with Gasteiger partial charge in [-0.3, -0.25) is 4.79 Å². The molecule has 0 aliphatic rings. The van der Waals surface area contributed by atoms with E-state index in [0.717, 1.165) is 11.3 Å². The van der Waals surface area contributed by atoms with Crippen molar-refractivity contribution < 1.29 is 9.18 Å². The van der Waals surface area contributed by atoms with Crippen LogP contribution in [0.1, 0.15) is 16.6 Å². The van der Waals surface area contributed by atoms with Crippen molar-refractivity contribution in [3.8, 4) is 0 Å². The number of ketones is 1. The van der Waals surface area contributed by atoms with E-state index < -0.39 is 0 Å². The molecule has 1 aromatic heterocycles. The Labute approximate surface area is 56.1 Å². The van der Waals surface area contributed by atoms with Crippen LogP contribution in [0, 0.1) is 5.82 Å². The molecule has 0 spiro atoms. The predicted molar refractivity (Wildman–Crippen MR) is 34.3 cm³/mol. The Kier molecular flexibility index (Phi) is 1.62. The van der Waals surface area contributed by atoms with Gasteiger partial charge in [0.2, 0.25) is 0 Å². The van der Waals surface area contributed by atoms with E-state index in [1.165, 1.54) is 18.4 Å². The molecular formula is C6H5FOS. The summed E-state index contributed by atoms with van der Waals surface area (Å²) in [4.78, 5) is 11.0. The van der Waals surface area contributed by atoms with Gasteiger partial charge in [-0.2, -0.15) is 0 Å². The minimum atomic E-state index is -0.329. The molecule has 3 heteroatoms. The number of carbonyl (C=O) groups excluding carboxylic acids is 1. The normalized spacial score (nSPS) is 9.56. The van der Waals surface area contributed by atoms with Gasteiger partial charge in [0.05, 0.1) is 4.88 Å². The van der Waals surface area contributed by atoms with Crippen molar-refractivity contribution in [3.63, 3.8) is 0 Å². The lowest BCUT2D eigenvalue weighted by atomic mass is 10.3. The second-order valence-corrected chi connectivity index (χ2v) is 2.60. The second-order valence-electron chi connectivity index (χ2n) is 1.69. The smallest absolute Gasteiger partial charge is 0.169 e. The number of Topliss-reactive ketones (excluding diaryl/α,β-unsaturated/α-hetero) is 1. The molecular weight excluding hydrogens is 139 g/mol. The average Bonchev–Trinajstić information content (AvgIpc) is 2.14. The van der Waals surface area contributed by atoms with Gasteiger partial charge in [-0.25, -0.2) is 4.39 Å². The maximum absolute atomic E-state index is 12.1. The number of hydrogen-bond donors (Lipinski definition) is 0. The standard InChI is InChI=1S/C6H5FOS/c1-4(8)6-2-5(7)3-9-6/h2-3H,1H3. The van der Waals surface area contributed by atoms with Gasteiger partial charge in [-0.1, -0.05) is 0 Å². The molecule has 1 nitrogen and oxygen atoms in total. The second kappa shape index (κ2) is 2.27. The summed E-state index contributed by atoms with van der Waals surface area (Å²) in [5.74, 6) is -0.408. The molecule has 1 aromatic rings. The molecule has 1 heterocycles. The predicted octanol–water partition coefficient (Wildman–Crippen LogP) is 2.09. The maximum atomic E-state index is 12.1. The molecule has 0 aliphatic carbocycles. The minimum Gasteiger partial charge on any atom is -0.294 e. The molecule has 0 unspecified atom stereocenters. The Balaban J connectivity index is 2.98. The summed E-state index contributed by atoms with van der Waals surface area (Å²) in [5, 5.41) is 1.32. The highest BCUT2D eigenvalue weighted by molar-refractivity contribution is 7.12. The van der Waals surface area contributed by atoms with E-state index in [4.69, 9.17) is 0 Å². The maximum Gasteiger partial charge on any atom is 0.169 e. The summed E-state index contributed by atoms with van der Waals surface area (Å²) in [6.07, 6.45) is 0. The van der Waals surface area contributed by atoms with E-state index in [1.54, 1.807) is 0 Å². The first-order chi connectivity index (χ1) is 4.20. The first-order valence-corrected chi connectivity index (χ1v) is 3.33. The van der Waals surface area contributed by atoms with Crippen molar-refractivity contribution in [3.05, 3.63) is 22.1 Å². The number of hydrogen-bond acceptors (Lipinski definition) is 2. The molecule has 9 heavy (non-hydrogen) atoms. The third-order valence-electron chi connectivity index (χ3n) is 0.914. The Morgan fingerprint density at radius 1 is 1.78 bits per heavy atom. The van der Waals surface area contributed by atoms with E-state index in [0.29, 0.717) is 4.88 Å². The van der Waals surface area contributed by atoms with Crippen LogP contribution in [-0.4, -0.2) is 5.78 Å². The van der Waals surface area contributed by atoms with Crippen LogP contribution in [0.3, 0.4) is 0 Å². The SMILES string of the molecule is CC(=O)c1cc(F)cs1. The van der Waals surface area contributed by atoms with Crippen LogP contribution in [0.15, 0.2) is 11.4 Å². The zero-order valence-corrected chi connectivity index (χ0v) is 5.67. The molecule has 0 fully saturated rings. The van der Waals surface area contributed by atoms with Crippen LogP contribution < -0.4 is 0 Å². The Hall–Kier alpha value is -0.700. The summed E-state index contributed by atoms with van der Waals surface area (Å²) < 4.78 is 12.1. The third-order valence-corrected chi connectivity index (χ3v) is 1.92. The van der Waals surface area contributed by atoms with E-state index in [-0.39, 0.29) is 11.6 Å². The molecule has 1 rings (SSSR count). The first kappa shape index (κ1) is 6.42. The van der Waals surface area contributed by atoms with E-state index in [9.17, 15) is 9.18 Å². The zero-order valence-electron chi connectivity index (χ0n) is 4.85. The molecule has 0 aromatic carbocycles. The molecule has 0 N–H and O–H groups in total. The average molecular weight is 144 g/mol. The van der Waals surface area contributed by atoms with E-state index >= 15 is 0 Å². The van der Waals surface area contributed by atoms with Crippen LogP contribution in [0.2, 0.25) is 0 Å². The summed E-state index contributed by atoms with van der Waals surface area (Å²) >= 11 is 1.13. The van der Waals surface area contributed by atoms with E-state index in [2.05, 4.69) is 0 Å². The van der Waals surface area contributed by atoms with Gasteiger partial charge in [0.15, 0.2) is 5.78 Å². The van der Waals surface area contributed by atoms with Crippen molar-refractivity contribution in [2.24, 2.45) is 0 Å². The van der Waals surface area contributed by atoms with Crippen LogP contribution in [0.25, 0.3) is 0 Å². The highest BCUT2D eigenvalue weighted by Crippen LogP contribution is 2.12. The fourth-order valence-electron chi connectivity index (χ4n) is 0.498. The van der Waals surface area contributed by atoms with Gasteiger partial charge in [0, 0.05) is 5.38 Å². The molecule has 0 aliphatic heterocycles. The van der Waals surface area contributed by atoms with Gasteiger partial charge in [0.1, 0.15) is 5.82 Å². The van der Waals surface area contributed by atoms with Crippen LogP contribution in [-0.2, 0) is 0 Å².